The van der Waals surface area contributed by atoms with Gasteiger partial charge in [-0.1, -0.05) is 6.08 Å². The number of primary amides is 1. The van der Waals surface area contributed by atoms with Crippen molar-refractivity contribution in [2.45, 2.75) is 12.5 Å². The first-order valence-electron chi connectivity index (χ1n) is 3.43. The lowest BCUT2D eigenvalue weighted by molar-refractivity contribution is -0.126. The Balaban J connectivity index is 3.60. The molecule has 0 heterocycles. The molecule has 1 atom stereocenters. The Morgan fingerprint density at radius 3 is 2.67 bits per heavy atom. The molecule has 0 saturated carbocycles. The number of hydrogen-bond donors (Lipinski definition) is 3. The van der Waals surface area contributed by atoms with Crippen LogP contribution in [0, 0.1) is 0 Å². The normalized spacial score (nSPS) is 11.8. The van der Waals surface area contributed by atoms with Gasteiger partial charge in [0.2, 0.25) is 11.8 Å². The Morgan fingerprint density at radius 2 is 2.25 bits per heavy atom. The number of amides is 2. The number of rotatable bonds is 5. The lowest BCUT2D eigenvalue weighted by Crippen LogP contribution is -2.39. The molecule has 1 unspecified atom stereocenters. The van der Waals surface area contributed by atoms with Crippen molar-refractivity contribution in [3.05, 3.63) is 12.7 Å². The van der Waals surface area contributed by atoms with E-state index in [1.54, 1.807) is 0 Å². The number of nitrogens with two attached hydrogens (primary N) is 1. The maximum absolute atomic E-state index is 10.7. The summed E-state index contributed by atoms with van der Waals surface area (Å²) in [4.78, 5) is 21.0. The molecule has 4 N–H and O–H groups in total. The molecule has 0 aromatic heterocycles. The second kappa shape index (κ2) is 5.31. The van der Waals surface area contributed by atoms with Gasteiger partial charge in [-0.05, 0) is 0 Å². The van der Waals surface area contributed by atoms with Crippen molar-refractivity contribution in [2.24, 2.45) is 5.73 Å². The summed E-state index contributed by atoms with van der Waals surface area (Å²) >= 11 is 0. The highest BCUT2D eigenvalue weighted by atomic mass is 16.3. The van der Waals surface area contributed by atoms with E-state index in [0.29, 0.717) is 0 Å². The van der Waals surface area contributed by atoms with Crippen molar-refractivity contribution in [1.29, 1.82) is 0 Å². The van der Waals surface area contributed by atoms with E-state index in [9.17, 15) is 9.59 Å². The van der Waals surface area contributed by atoms with Crippen molar-refractivity contribution in [3.8, 4) is 0 Å². The lowest BCUT2D eigenvalue weighted by Gasteiger charge is -2.06. The third-order valence-corrected chi connectivity index (χ3v) is 1.15. The quantitative estimate of drug-likeness (QED) is 0.442. The zero-order valence-electron chi connectivity index (χ0n) is 6.62. The topological polar surface area (TPSA) is 92.4 Å². The van der Waals surface area contributed by atoms with E-state index in [1.165, 1.54) is 6.08 Å². The molecule has 0 spiro atoms. The Kier molecular flexibility index (Phi) is 4.71. The van der Waals surface area contributed by atoms with Crippen LogP contribution in [0.4, 0.5) is 0 Å². The fourth-order valence-electron chi connectivity index (χ4n) is 0.514. The fraction of sp³-hybridized carbons (Fsp3) is 0.429. The molecule has 0 aromatic rings. The van der Waals surface area contributed by atoms with Crippen molar-refractivity contribution in [2.75, 3.05) is 6.54 Å². The van der Waals surface area contributed by atoms with E-state index in [0.717, 1.165) is 0 Å². The largest absolute Gasteiger partial charge is 0.381 e. The van der Waals surface area contributed by atoms with Gasteiger partial charge in [-0.15, -0.1) is 6.58 Å². The number of nitrogens with one attached hydrogen (secondary N) is 1. The van der Waals surface area contributed by atoms with Gasteiger partial charge in [0.15, 0.2) is 0 Å². The molecule has 0 bridgehead atoms. The van der Waals surface area contributed by atoms with Crippen LogP contribution in [0.2, 0.25) is 0 Å². The van der Waals surface area contributed by atoms with E-state index in [-0.39, 0.29) is 18.9 Å². The van der Waals surface area contributed by atoms with Gasteiger partial charge in [-0.25, -0.2) is 0 Å². The molecule has 5 heteroatoms. The average molecular weight is 172 g/mol. The smallest absolute Gasteiger partial charge is 0.248 e. The first-order chi connectivity index (χ1) is 5.57. The van der Waals surface area contributed by atoms with Crippen LogP contribution in [-0.4, -0.2) is 29.6 Å². The van der Waals surface area contributed by atoms with Crippen LogP contribution in [0.3, 0.4) is 0 Å². The molecule has 0 rings (SSSR count). The first kappa shape index (κ1) is 10.6. The van der Waals surface area contributed by atoms with Crippen LogP contribution in [0.25, 0.3) is 0 Å². The van der Waals surface area contributed by atoms with Crippen LogP contribution >= 0.6 is 0 Å². The average Bonchev–Trinajstić information content (AvgIpc) is 2.00. The summed E-state index contributed by atoms with van der Waals surface area (Å²) in [5, 5.41) is 11.1. The maximum Gasteiger partial charge on any atom is 0.248 e. The summed E-state index contributed by atoms with van der Waals surface area (Å²) in [5.41, 5.74) is 4.74. The molecule has 5 nitrogen and oxygen atoms in total. The van der Waals surface area contributed by atoms with Crippen LogP contribution in [0.1, 0.15) is 6.42 Å². The molecule has 0 saturated heterocycles. The minimum absolute atomic E-state index is 0.151. The number of hydrogen-bond acceptors (Lipinski definition) is 3. The summed E-state index contributed by atoms with van der Waals surface area (Å²) in [6.07, 6.45) is 0.260. The summed E-state index contributed by atoms with van der Waals surface area (Å²) in [5.74, 6) is -1.15. The second-order valence-corrected chi connectivity index (χ2v) is 2.22. The van der Waals surface area contributed by atoms with Gasteiger partial charge in [0.25, 0.3) is 0 Å². The molecule has 12 heavy (non-hydrogen) atoms. The number of aliphatic hydroxyl groups is 1. The Labute approximate surface area is 70.2 Å². The van der Waals surface area contributed by atoms with Gasteiger partial charge < -0.3 is 16.2 Å². The van der Waals surface area contributed by atoms with Gasteiger partial charge in [0, 0.05) is 6.42 Å². The summed E-state index contributed by atoms with van der Waals surface area (Å²) < 4.78 is 0. The monoisotopic (exact) mass is 172 g/mol. The summed E-state index contributed by atoms with van der Waals surface area (Å²) in [7, 11) is 0. The Morgan fingerprint density at radius 1 is 1.67 bits per heavy atom. The standard InChI is InChI=1S/C7H12N2O3/c1-2-3-6(11)9-4-5(10)7(8)12/h2,5,10H,1,3-4H2,(H2,8,12)(H,9,11). The highest BCUT2D eigenvalue weighted by molar-refractivity contribution is 5.81. The molecule has 68 valence electrons. The minimum atomic E-state index is -1.32. The van der Waals surface area contributed by atoms with Crippen molar-refractivity contribution < 1.29 is 14.7 Å². The third kappa shape index (κ3) is 4.45. The zero-order valence-corrected chi connectivity index (χ0v) is 6.62. The van der Waals surface area contributed by atoms with E-state index < -0.39 is 12.0 Å². The van der Waals surface area contributed by atoms with Crippen molar-refractivity contribution >= 4 is 11.8 Å². The van der Waals surface area contributed by atoms with E-state index >= 15 is 0 Å². The van der Waals surface area contributed by atoms with E-state index in [4.69, 9.17) is 10.8 Å². The third-order valence-electron chi connectivity index (χ3n) is 1.15. The second-order valence-electron chi connectivity index (χ2n) is 2.22. The first-order valence-corrected chi connectivity index (χ1v) is 3.43. The Hall–Kier alpha value is -1.36. The van der Waals surface area contributed by atoms with Crippen molar-refractivity contribution in [3.63, 3.8) is 0 Å². The van der Waals surface area contributed by atoms with Crippen LogP contribution in [0.15, 0.2) is 12.7 Å². The predicted octanol–water partition coefficient (Wildman–Crippen LogP) is -1.48. The molecule has 0 radical (unpaired) electrons. The highest BCUT2D eigenvalue weighted by Crippen LogP contribution is 1.81. The number of carbonyl (C=O) groups is 2. The molecule has 0 fully saturated rings. The number of carbonyl (C=O) groups excluding carboxylic acids is 2. The molecule has 2 amide bonds. The van der Waals surface area contributed by atoms with Crippen molar-refractivity contribution in [1.82, 2.24) is 5.32 Å². The Bertz CT molecular complexity index is 191. The molecule has 0 aliphatic heterocycles. The van der Waals surface area contributed by atoms with Gasteiger partial charge in [0.05, 0.1) is 6.54 Å². The summed E-state index contributed by atoms with van der Waals surface area (Å²) in [6.45, 7) is 3.20. The predicted molar refractivity (Wildman–Crippen MR) is 43.0 cm³/mol. The zero-order chi connectivity index (χ0) is 9.56. The van der Waals surface area contributed by atoms with Gasteiger partial charge >= 0.3 is 0 Å². The van der Waals surface area contributed by atoms with Gasteiger partial charge in [-0.3, -0.25) is 9.59 Å². The SMILES string of the molecule is C=CCC(=O)NCC(O)C(N)=O. The molecular weight excluding hydrogens is 160 g/mol. The van der Waals surface area contributed by atoms with E-state index in [2.05, 4.69) is 11.9 Å². The molecule has 0 aliphatic carbocycles. The fourth-order valence-corrected chi connectivity index (χ4v) is 0.514. The maximum atomic E-state index is 10.7. The van der Waals surface area contributed by atoms with Crippen LogP contribution in [0.5, 0.6) is 0 Å². The molecule has 0 aliphatic rings. The lowest BCUT2D eigenvalue weighted by atomic mass is 10.3. The highest BCUT2D eigenvalue weighted by Gasteiger charge is 2.10. The summed E-state index contributed by atoms with van der Waals surface area (Å²) in [6, 6.07) is 0. The van der Waals surface area contributed by atoms with Crippen LogP contribution in [-0.2, 0) is 9.59 Å². The van der Waals surface area contributed by atoms with Gasteiger partial charge in [-0.2, -0.15) is 0 Å². The van der Waals surface area contributed by atoms with Crippen LogP contribution < -0.4 is 11.1 Å². The van der Waals surface area contributed by atoms with E-state index in [1.807, 2.05) is 0 Å². The molecule has 0 aromatic carbocycles. The number of aliphatic hydroxyl groups excluding tert-OH is 1. The molecular formula is C7H12N2O3. The minimum Gasteiger partial charge on any atom is -0.381 e. The van der Waals surface area contributed by atoms with Gasteiger partial charge in [0.1, 0.15) is 6.10 Å².